The molecule has 1 aliphatic heterocycles. The second-order valence-electron chi connectivity index (χ2n) is 4.91. The second-order valence-corrected chi connectivity index (χ2v) is 9.14. The highest BCUT2D eigenvalue weighted by molar-refractivity contribution is 8.29. The van der Waals surface area contributed by atoms with Crippen LogP contribution in [-0.2, 0) is 0 Å². The summed E-state index contributed by atoms with van der Waals surface area (Å²) in [5.41, 5.74) is 1.09. The number of benzene rings is 1. The molecule has 1 aliphatic rings. The summed E-state index contributed by atoms with van der Waals surface area (Å²) in [6.45, 7) is 4.31. The van der Waals surface area contributed by atoms with E-state index < -0.39 is 0 Å². The summed E-state index contributed by atoms with van der Waals surface area (Å²) in [5.74, 6) is 0. The first-order valence-corrected chi connectivity index (χ1v) is 10.0. The Labute approximate surface area is 143 Å². The van der Waals surface area contributed by atoms with E-state index >= 15 is 0 Å². The van der Waals surface area contributed by atoms with Crippen molar-refractivity contribution in [2.75, 3.05) is 38.3 Å². The minimum absolute atomic E-state index is 0.936. The summed E-state index contributed by atoms with van der Waals surface area (Å²) < 4.78 is 3.41. The van der Waals surface area contributed by atoms with Gasteiger partial charge in [-0.15, -0.1) is 11.3 Å². The fourth-order valence-corrected chi connectivity index (χ4v) is 5.94. The molecule has 0 amide bonds. The number of likely N-dealkylation sites (N-methyl/N-ethyl adjacent to an activating group) is 1. The van der Waals surface area contributed by atoms with Gasteiger partial charge in [0.1, 0.15) is 4.32 Å². The number of aromatic nitrogens is 1. The summed E-state index contributed by atoms with van der Waals surface area (Å²) in [6, 6.07) is 8.29. The first-order valence-electron chi connectivity index (χ1n) is 6.81. The van der Waals surface area contributed by atoms with Gasteiger partial charge < -0.3 is 9.80 Å². The van der Waals surface area contributed by atoms with E-state index in [1.165, 1.54) is 4.70 Å². The molecule has 1 aromatic carbocycles. The van der Waals surface area contributed by atoms with Gasteiger partial charge in [-0.3, -0.25) is 0 Å². The van der Waals surface area contributed by atoms with Crippen molar-refractivity contribution in [2.24, 2.45) is 0 Å². The van der Waals surface area contributed by atoms with Crippen molar-refractivity contribution in [3.63, 3.8) is 0 Å². The Bertz CT molecular complexity index is 586. The predicted octanol–water partition coefficient (Wildman–Crippen LogP) is 3.61. The van der Waals surface area contributed by atoms with E-state index in [1.54, 1.807) is 34.9 Å². The molecule has 1 aromatic heterocycles. The Morgan fingerprint density at radius 1 is 1.29 bits per heavy atom. The molecule has 0 N–H and O–H groups in total. The highest BCUT2D eigenvalue weighted by atomic mass is 32.2. The van der Waals surface area contributed by atoms with Crippen molar-refractivity contribution in [1.29, 1.82) is 0 Å². The van der Waals surface area contributed by atoms with Crippen LogP contribution in [0.15, 0.2) is 28.6 Å². The van der Waals surface area contributed by atoms with Crippen LogP contribution >= 0.6 is 47.1 Å². The maximum Gasteiger partial charge on any atom is 0.151 e. The second kappa shape index (κ2) is 7.28. The molecular weight excluding hydrogens is 338 g/mol. The number of hydrogen-bond donors (Lipinski definition) is 0. The lowest BCUT2D eigenvalue weighted by molar-refractivity contribution is 0.220. The smallest absolute Gasteiger partial charge is 0.151 e. The van der Waals surface area contributed by atoms with Crippen molar-refractivity contribution in [2.45, 2.75) is 4.34 Å². The van der Waals surface area contributed by atoms with Crippen LogP contribution in [0.3, 0.4) is 0 Å². The van der Waals surface area contributed by atoms with Crippen LogP contribution in [0.25, 0.3) is 10.2 Å². The molecule has 112 valence electrons. The number of hydrogen-bond acceptors (Lipinski definition) is 6. The van der Waals surface area contributed by atoms with Crippen LogP contribution in [0.2, 0.25) is 0 Å². The minimum atomic E-state index is 0.936. The SMILES string of the molecule is CN1CCN(C(=S)SCSc2nc3ccccc3s2)CC1. The molecule has 2 heterocycles. The van der Waals surface area contributed by atoms with Gasteiger partial charge in [-0.2, -0.15) is 0 Å². The van der Waals surface area contributed by atoms with Gasteiger partial charge in [-0.1, -0.05) is 47.9 Å². The number of para-hydroxylation sites is 1. The van der Waals surface area contributed by atoms with Gasteiger partial charge in [0.15, 0.2) is 4.34 Å². The molecule has 1 saturated heterocycles. The molecule has 0 spiro atoms. The lowest BCUT2D eigenvalue weighted by atomic mass is 10.3. The third kappa shape index (κ3) is 4.10. The molecule has 0 bridgehead atoms. The van der Waals surface area contributed by atoms with Crippen LogP contribution in [-0.4, -0.2) is 57.4 Å². The summed E-state index contributed by atoms with van der Waals surface area (Å²) in [6.07, 6.45) is 0. The lowest BCUT2D eigenvalue weighted by Crippen LogP contribution is -2.45. The Hall–Kier alpha value is -0.340. The van der Waals surface area contributed by atoms with Crippen LogP contribution in [0.4, 0.5) is 0 Å². The van der Waals surface area contributed by atoms with Gasteiger partial charge in [0, 0.05) is 26.2 Å². The molecular formula is C14H17N3S4. The summed E-state index contributed by atoms with van der Waals surface area (Å²) in [7, 11) is 2.16. The topological polar surface area (TPSA) is 19.4 Å². The van der Waals surface area contributed by atoms with Gasteiger partial charge in [-0.25, -0.2) is 4.98 Å². The average Bonchev–Trinajstić information content (AvgIpc) is 2.90. The zero-order valence-electron chi connectivity index (χ0n) is 11.8. The maximum atomic E-state index is 5.53. The molecule has 0 aliphatic carbocycles. The molecule has 1 fully saturated rings. The van der Waals surface area contributed by atoms with Crippen LogP contribution in [0.5, 0.6) is 0 Å². The number of thiazole rings is 1. The molecule has 0 saturated carbocycles. The maximum absolute atomic E-state index is 5.53. The first-order chi connectivity index (χ1) is 10.2. The molecule has 3 nitrogen and oxygen atoms in total. The standard InChI is InChI=1S/C14H17N3S4/c1-16-6-8-17(9-7-16)14(18)20-10-19-13-15-11-4-2-3-5-12(11)21-13/h2-5H,6-10H2,1H3. The fraction of sp³-hybridized carbons (Fsp3) is 0.429. The highest BCUT2D eigenvalue weighted by Crippen LogP contribution is 2.31. The Morgan fingerprint density at radius 2 is 2.05 bits per heavy atom. The normalized spacial score (nSPS) is 16.5. The quantitative estimate of drug-likeness (QED) is 0.472. The van der Waals surface area contributed by atoms with Crippen molar-refractivity contribution in [3.8, 4) is 0 Å². The third-order valence-electron chi connectivity index (χ3n) is 3.40. The monoisotopic (exact) mass is 355 g/mol. The van der Waals surface area contributed by atoms with Crippen LogP contribution in [0.1, 0.15) is 0 Å². The Morgan fingerprint density at radius 3 is 2.81 bits per heavy atom. The van der Waals surface area contributed by atoms with E-state index in [0.29, 0.717) is 0 Å². The van der Waals surface area contributed by atoms with Crippen molar-refractivity contribution >= 4 is 61.6 Å². The molecule has 0 radical (unpaired) electrons. The Balaban J connectivity index is 1.48. The zero-order chi connectivity index (χ0) is 14.7. The number of nitrogens with zero attached hydrogens (tertiary/aromatic N) is 3. The van der Waals surface area contributed by atoms with Gasteiger partial charge in [0.25, 0.3) is 0 Å². The molecule has 0 unspecified atom stereocenters. The Kier molecular flexibility index (Phi) is 5.39. The van der Waals surface area contributed by atoms with E-state index in [4.69, 9.17) is 12.2 Å². The number of fused-ring (bicyclic) bond motifs is 1. The fourth-order valence-electron chi connectivity index (χ4n) is 2.12. The molecule has 2 aromatic rings. The molecule has 7 heteroatoms. The largest absolute Gasteiger partial charge is 0.355 e. The summed E-state index contributed by atoms with van der Waals surface area (Å²) in [4.78, 5) is 9.30. The highest BCUT2D eigenvalue weighted by Gasteiger charge is 2.16. The number of rotatable bonds is 3. The van der Waals surface area contributed by atoms with Crippen molar-refractivity contribution in [3.05, 3.63) is 24.3 Å². The zero-order valence-corrected chi connectivity index (χ0v) is 15.1. The average molecular weight is 356 g/mol. The predicted molar refractivity (Wildman–Crippen MR) is 99.6 cm³/mol. The van der Waals surface area contributed by atoms with Crippen LogP contribution < -0.4 is 0 Å². The van der Waals surface area contributed by atoms with Gasteiger partial charge in [-0.05, 0) is 19.2 Å². The van der Waals surface area contributed by atoms with E-state index in [0.717, 1.165) is 45.4 Å². The van der Waals surface area contributed by atoms with E-state index in [1.807, 2.05) is 6.07 Å². The van der Waals surface area contributed by atoms with Gasteiger partial charge >= 0.3 is 0 Å². The third-order valence-corrected chi connectivity index (χ3v) is 7.23. The molecule has 0 atom stereocenters. The van der Waals surface area contributed by atoms with E-state index in [-0.39, 0.29) is 0 Å². The minimum Gasteiger partial charge on any atom is -0.355 e. The first kappa shape index (κ1) is 15.6. The lowest BCUT2D eigenvalue weighted by Gasteiger charge is -2.33. The van der Waals surface area contributed by atoms with E-state index in [2.05, 4.69) is 40.0 Å². The summed E-state index contributed by atoms with van der Waals surface area (Å²) in [5, 5.41) is 0.936. The number of piperazine rings is 1. The van der Waals surface area contributed by atoms with Crippen LogP contribution in [0, 0.1) is 0 Å². The van der Waals surface area contributed by atoms with Crippen molar-refractivity contribution < 1.29 is 0 Å². The van der Waals surface area contributed by atoms with E-state index in [9.17, 15) is 0 Å². The molecule has 3 rings (SSSR count). The number of thioether (sulfide) groups is 2. The van der Waals surface area contributed by atoms with Gasteiger partial charge in [0.2, 0.25) is 0 Å². The molecule has 21 heavy (non-hydrogen) atoms. The summed E-state index contributed by atoms with van der Waals surface area (Å²) >= 11 is 10.8. The number of thiocarbonyl (C=S) groups is 1. The van der Waals surface area contributed by atoms with Crippen molar-refractivity contribution in [1.82, 2.24) is 14.8 Å². The van der Waals surface area contributed by atoms with Gasteiger partial charge in [0.05, 0.1) is 15.3 Å².